The number of hydrogen-bond donors (Lipinski definition) is 2. The molecule has 0 aliphatic carbocycles. The van der Waals surface area contributed by atoms with Gasteiger partial charge in [-0.2, -0.15) is 4.39 Å². The molecule has 0 bridgehead atoms. The van der Waals surface area contributed by atoms with Crippen molar-refractivity contribution >= 4 is 16.9 Å². The van der Waals surface area contributed by atoms with Gasteiger partial charge in [0.15, 0.2) is 11.6 Å². The standard InChI is InChI=1S/C28H30F4N2O5/c1-38-19-2-3-23-20(14-19)25(17(16-35)15-33-23)21(30)4-5-28(27(36)37)6-8-34(9-7-28)10-11-39-24-13-18(29)12-22(31)26(24)32/h2-3,12-15,21,35H,4-11,16H2,1H3,(H,36,37)/t21-/m1/s1. The van der Waals surface area contributed by atoms with E-state index in [4.69, 9.17) is 9.47 Å². The number of aliphatic carboxylic acids is 1. The first-order chi connectivity index (χ1) is 18.7. The van der Waals surface area contributed by atoms with Gasteiger partial charge in [-0.3, -0.25) is 14.7 Å². The minimum absolute atomic E-state index is 0.0467. The molecule has 0 radical (unpaired) electrons. The van der Waals surface area contributed by atoms with Gasteiger partial charge in [0.05, 0.1) is 24.6 Å². The van der Waals surface area contributed by atoms with Gasteiger partial charge >= 0.3 is 5.97 Å². The Bertz CT molecular complexity index is 1330. The number of aromatic nitrogens is 1. The number of benzene rings is 2. The maximum Gasteiger partial charge on any atom is 0.309 e. The summed E-state index contributed by atoms with van der Waals surface area (Å²) in [7, 11) is 1.49. The largest absolute Gasteiger partial charge is 0.497 e. The quantitative estimate of drug-likeness (QED) is 0.251. The average Bonchev–Trinajstić information content (AvgIpc) is 2.93. The molecular weight excluding hydrogens is 520 g/mol. The average molecular weight is 551 g/mol. The molecule has 1 atom stereocenters. The molecule has 1 fully saturated rings. The number of pyridine rings is 1. The number of nitrogens with zero attached hydrogens (tertiary/aromatic N) is 2. The van der Waals surface area contributed by atoms with E-state index in [2.05, 4.69) is 4.98 Å². The van der Waals surface area contributed by atoms with Crippen LogP contribution in [0.15, 0.2) is 36.5 Å². The zero-order valence-electron chi connectivity index (χ0n) is 21.4. The van der Waals surface area contributed by atoms with Crippen LogP contribution in [0, 0.1) is 22.9 Å². The summed E-state index contributed by atoms with van der Waals surface area (Å²) < 4.78 is 66.7. The highest BCUT2D eigenvalue weighted by Gasteiger charge is 2.42. The molecule has 1 saturated heterocycles. The predicted octanol–water partition coefficient (Wildman–Crippen LogP) is 5.19. The number of methoxy groups -OCH3 is 1. The molecule has 39 heavy (non-hydrogen) atoms. The monoisotopic (exact) mass is 550 g/mol. The van der Waals surface area contributed by atoms with Crippen molar-refractivity contribution in [2.24, 2.45) is 5.41 Å². The molecule has 1 aliphatic rings. The molecule has 210 valence electrons. The van der Waals surface area contributed by atoms with E-state index in [9.17, 15) is 28.2 Å². The number of likely N-dealkylation sites (tertiary alicyclic amines) is 1. The zero-order chi connectivity index (χ0) is 28.2. The Labute approximate surface area is 223 Å². The summed E-state index contributed by atoms with van der Waals surface area (Å²) in [6.45, 7) is 0.593. The normalized spacial score (nSPS) is 16.3. The Morgan fingerprint density at radius 2 is 1.92 bits per heavy atom. The summed E-state index contributed by atoms with van der Waals surface area (Å²) in [6, 6.07) is 6.25. The van der Waals surface area contributed by atoms with Crippen LogP contribution in [0.25, 0.3) is 10.9 Å². The number of carboxylic acid groups (broad SMARTS) is 1. The van der Waals surface area contributed by atoms with Gasteiger partial charge in [0.25, 0.3) is 0 Å². The minimum atomic E-state index is -1.53. The van der Waals surface area contributed by atoms with Gasteiger partial charge in [-0.1, -0.05) is 0 Å². The Morgan fingerprint density at radius 1 is 1.18 bits per heavy atom. The summed E-state index contributed by atoms with van der Waals surface area (Å²) in [4.78, 5) is 18.5. The van der Waals surface area contributed by atoms with Crippen molar-refractivity contribution in [3.05, 3.63) is 65.1 Å². The van der Waals surface area contributed by atoms with Crippen LogP contribution in [-0.2, 0) is 11.4 Å². The van der Waals surface area contributed by atoms with Crippen LogP contribution in [0.4, 0.5) is 17.6 Å². The third-order valence-corrected chi connectivity index (χ3v) is 7.45. The summed E-state index contributed by atoms with van der Waals surface area (Å²) in [5.41, 5.74) is 0.00365. The molecule has 3 aromatic rings. The molecule has 0 saturated carbocycles. The van der Waals surface area contributed by atoms with Crippen molar-refractivity contribution in [1.29, 1.82) is 0 Å². The highest BCUT2D eigenvalue weighted by atomic mass is 19.2. The molecule has 2 N–H and O–H groups in total. The molecule has 11 heteroatoms. The molecule has 2 aromatic carbocycles. The third kappa shape index (κ3) is 6.25. The minimum Gasteiger partial charge on any atom is -0.497 e. The predicted molar refractivity (Wildman–Crippen MR) is 135 cm³/mol. The fraction of sp³-hybridized carbons (Fsp3) is 0.429. The van der Waals surface area contributed by atoms with E-state index < -0.39 is 47.4 Å². The van der Waals surface area contributed by atoms with Crippen molar-refractivity contribution in [2.45, 2.75) is 38.5 Å². The third-order valence-electron chi connectivity index (χ3n) is 7.45. The maximum absolute atomic E-state index is 15.7. The fourth-order valence-electron chi connectivity index (χ4n) is 5.10. The first kappa shape index (κ1) is 28.6. The lowest BCUT2D eigenvalue weighted by atomic mass is 9.74. The van der Waals surface area contributed by atoms with Crippen LogP contribution in [-0.4, -0.2) is 59.4 Å². The summed E-state index contributed by atoms with van der Waals surface area (Å²) in [5, 5.41) is 20.4. The number of aliphatic hydroxyl groups is 1. The number of rotatable bonds is 11. The van der Waals surface area contributed by atoms with Crippen molar-refractivity contribution in [3.63, 3.8) is 0 Å². The van der Waals surface area contributed by atoms with Gasteiger partial charge < -0.3 is 19.7 Å². The topological polar surface area (TPSA) is 92.1 Å². The number of ether oxygens (including phenoxy) is 2. The zero-order valence-corrected chi connectivity index (χ0v) is 21.4. The number of aliphatic hydroxyl groups excluding tert-OH is 1. The Kier molecular flexibility index (Phi) is 8.91. The first-order valence-corrected chi connectivity index (χ1v) is 12.6. The molecule has 0 unspecified atom stereocenters. The van der Waals surface area contributed by atoms with Gasteiger partial charge in [0.2, 0.25) is 5.82 Å². The van der Waals surface area contributed by atoms with E-state index in [-0.39, 0.29) is 37.9 Å². The second-order valence-electron chi connectivity index (χ2n) is 9.72. The van der Waals surface area contributed by atoms with Gasteiger partial charge in [0.1, 0.15) is 24.3 Å². The van der Waals surface area contributed by atoms with Gasteiger partial charge in [-0.25, -0.2) is 13.2 Å². The van der Waals surface area contributed by atoms with Crippen LogP contribution in [0.5, 0.6) is 11.5 Å². The van der Waals surface area contributed by atoms with E-state index in [0.29, 0.717) is 47.9 Å². The Balaban J connectivity index is 1.39. The van der Waals surface area contributed by atoms with Crippen LogP contribution < -0.4 is 9.47 Å². The number of piperidine rings is 1. The lowest BCUT2D eigenvalue weighted by Gasteiger charge is -2.39. The molecule has 1 aromatic heterocycles. The summed E-state index contributed by atoms with van der Waals surface area (Å²) in [6.07, 6.45) is 0.428. The maximum atomic E-state index is 15.7. The number of carboxylic acids is 1. The van der Waals surface area contributed by atoms with Crippen molar-refractivity contribution in [1.82, 2.24) is 9.88 Å². The summed E-state index contributed by atoms with van der Waals surface area (Å²) in [5.74, 6) is -4.59. The number of alkyl halides is 1. The molecule has 0 spiro atoms. The second kappa shape index (κ2) is 12.2. The number of carbonyl (C=O) groups is 1. The van der Waals surface area contributed by atoms with Crippen molar-refractivity contribution in [3.8, 4) is 11.5 Å². The molecule has 4 rings (SSSR count). The Morgan fingerprint density at radius 3 is 2.59 bits per heavy atom. The van der Waals surface area contributed by atoms with E-state index in [1.165, 1.54) is 13.3 Å². The molecular formula is C28H30F4N2O5. The molecule has 0 amide bonds. The van der Waals surface area contributed by atoms with Crippen LogP contribution in [0.3, 0.4) is 0 Å². The van der Waals surface area contributed by atoms with Crippen LogP contribution in [0.2, 0.25) is 0 Å². The highest BCUT2D eigenvalue weighted by Crippen LogP contribution is 2.41. The Hall–Kier alpha value is -3.44. The number of halogens is 4. The lowest BCUT2D eigenvalue weighted by Crippen LogP contribution is -2.45. The van der Waals surface area contributed by atoms with E-state index in [0.717, 1.165) is 6.07 Å². The van der Waals surface area contributed by atoms with E-state index >= 15 is 4.39 Å². The van der Waals surface area contributed by atoms with Gasteiger partial charge in [-0.15, -0.1) is 0 Å². The molecule has 1 aliphatic heterocycles. The van der Waals surface area contributed by atoms with E-state index in [1.807, 2.05) is 4.90 Å². The summed E-state index contributed by atoms with van der Waals surface area (Å²) >= 11 is 0. The highest BCUT2D eigenvalue weighted by molar-refractivity contribution is 5.85. The fourth-order valence-corrected chi connectivity index (χ4v) is 5.10. The van der Waals surface area contributed by atoms with Crippen molar-refractivity contribution in [2.75, 3.05) is 33.4 Å². The van der Waals surface area contributed by atoms with Gasteiger partial charge in [-0.05, 0) is 57.0 Å². The number of hydrogen-bond acceptors (Lipinski definition) is 6. The lowest BCUT2D eigenvalue weighted by molar-refractivity contribution is -0.153. The first-order valence-electron chi connectivity index (χ1n) is 12.6. The SMILES string of the molecule is COc1ccc2ncc(CO)c([C@H](F)CCC3(C(=O)O)CCN(CCOc4cc(F)cc(F)c4F)CC3)c2c1. The van der Waals surface area contributed by atoms with Gasteiger partial charge in [0, 0.05) is 41.4 Å². The number of fused-ring (bicyclic) bond motifs is 1. The smallest absolute Gasteiger partial charge is 0.309 e. The van der Waals surface area contributed by atoms with E-state index in [1.54, 1.807) is 18.2 Å². The second-order valence-corrected chi connectivity index (χ2v) is 9.72. The molecule has 7 nitrogen and oxygen atoms in total. The van der Waals surface area contributed by atoms with Crippen molar-refractivity contribution < 1.29 is 42.0 Å². The van der Waals surface area contributed by atoms with Crippen LogP contribution >= 0.6 is 0 Å². The molecule has 2 heterocycles. The van der Waals surface area contributed by atoms with Crippen LogP contribution in [0.1, 0.15) is 43.0 Å².